The molecule has 2 aromatic rings. The number of nitrogens with one attached hydrogen (secondary N) is 1. The highest BCUT2D eigenvalue weighted by Gasteiger charge is 2.25. The number of ether oxygens (including phenoxy) is 1. The van der Waals surface area contributed by atoms with Crippen LogP contribution in [0.2, 0.25) is 0 Å². The van der Waals surface area contributed by atoms with Crippen molar-refractivity contribution in [1.82, 2.24) is 5.32 Å². The highest BCUT2D eigenvalue weighted by Crippen LogP contribution is 2.24. The first-order chi connectivity index (χ1) is 13.6. The molecule has 3 rings (SSSR count). The van der Waals surface area contributed by atoms with Gasteiger partial charge in [0.05, 0.1) is 0 Å². The largest absolute Gasteiger partial charge is 0.489 e. The van der Waals surface area contributed by atoms with Crippen LogP contribution in [0, 0.1) is 5.92 Å². The second-order valence-corrected chi connectivity index (χ2v) is 7.42. The van der Waals surface area contributed by atoms with Crippen LogP contribution in [-0.4, -0.2) is 17.9 Å². The van der Waals surface area contributed by atoms with Crippen LogP contribution in [0.5, 0.6) is 5.75 Å². The van der Waals surface area contributed by atoms with Crippen LogP contribution in [0.25, 0.3) is 0 Å². The summed E-state index contributed by atoms with van der Waals surface area (Å²) in [6, 6.07) is 16.8. The molecule has 2 aromatic carbocycles. The zero-order valence-corrected chi connectivity index (χ0v) is 16.1. The molecule has 3 N–H and O–H groups in total. The van der Waals surface area contributed by atoms with Crippen molar-refractivity contribution in [3.8, 4) is 5.75 Å². The third-order valence-corrected chi connectivity index (χ3v) is 5.25. The second-order valence-electron chi connectivity index (χ2n) is 7.42. The van der Waals surface area contributed by atoms with E-state index in [2.05, 4.69) is 5.32 Å². The van der Waals surface area contributed by atoms with Gasteiger partial charge in [-0.2, -0.15) is 0 Å². The Bertz CT molecular complexity index is 768. The number of primary amides is 1. The minimum absolute atomic E-state index is 0.00404. The normalized spacial score (nSPS) is 15.6. The summed E-state index contributed by atoms with van der Waals surface area (Å²) in [4.78, 5) is 24.3. The smallest absolute Gasteiger partial charge is 0.240 e. The Morgan fingerprint density at radius 3 is 2.29 bits per heavy atom. The number of rotatable bonds is 8. The number of hydrogen-bond acceptors (Lipinski definition) is 3. The molecule has 0 spiro atoms. The highest BCUT2D eigenvalue weighted by molar-refractivity contribution is 5.87. The molecule has 5 heteroatoms. The fraction of sp³-hybridized carbons (Fsp3) is 0.391. The van der Waals surface area contributed by atoms with Crippen molar-refractivity contribution in [2.75, 3.05) is 0 Å². The second kappa shape index (κ2) is 9.93. The molecule has 5 nitrogen and oxygen atoms in total. The van der Waals surface area contributed by atoms with E-state index in [-0.39, 0.29) is 11.8 Å². The lowest BCUT2D eigenvalue weighted by molar-refractivity contribution is -0.130. The van der Waals surface area contributed by atoms with Gasteiger partial charge in [-0.25, -0.2) is 0 Å². The molecule has 0 heterocycles. The molecule has 28 heavy (non-hydrogen) atoms. The number of hydrogen-bond donors (Lipinski definition) is 2. The number of amides is 2. The Morgan fingerprint density at radius 2 is 1.64 bits per heavy atom. The summed E-state index contributed by atoms with van der Waals surface area (Å²) in [6.07, 6.45) is 5.50. The first-order valence-corrected chi connectivity index (χ1v) is 9.97. The van der Waals surface area contributed by atoms with Gasteiger partial charge in [-0.1, -0.05) is 61.7 Å². The summed E-state index contributed by atoms with van der Waals surface area (Å²) in [6.45, 7) is 0.502. The first kappa shape index (κ1) is 19.9. The number of carbonyl (C=O) groups excluding carboxylic acids is 2. The van der Waals surface area contributed by atoms with Gasteiger partial charge in [0.25, 0.3) is 0 Å². The van der Waals surface area contributed by atoms with Crippen molar-refractivity contribution in [1.29, 1.82) is 0 Å². The van der Waals surface area contributed by atoms with Crippen LogP contribution < -0.4 is 15.8 Å². The molecule has 1 aliphatic carbocycles. The average Bonchev–Trinajstić information content (AvgIpc) is 2.74. The molecule has 0 radical (unpaired) electrons. The molecule has 0 aliphatic heterocycles. The Hall–Kier alpha value is -2.82. The van der Waals surface area contributed by atoms with Crippen LogP contribution in [0.3, 0.4) is 0 Å². The highest BCUT2D eigenvalue weighted by atomic mass is 16.5. The van der Waals surface area contributed by atoms with Gasteiger partial charge in [-0.05, 0) is 36.1 Å². The van der Waals surface area contributed by atoms with Crippen LogP contribution in [0.1, 0.15) is 43.2 Å². The summed E-state index contributed by atoms with van der Waals surface area (Å²) in [7, 11) is 0. The van der Waals surface area contributed by atoms with E-state index in [0.29, 0.717) is 13.0 Å². The Labute approximate surface area is 166 Å². The first-order valence-electron chi connectivity index (χ1n) is 9.97. The van der Waals surface area contributed by atoms with Crippen molar-refractivity contribution >= 4 is 11.8 Å². The van der Waals surface area contributed by atoms with Crippen molar-refractivity contribution in [3.63, 3.8) is 0 Å². The topological polar surface area (TPSA) is 81.4 Å². The van der Waals surface area contributed by atoms with Gasteiger partial charge in [0.1, 0.15) is 18.4 Å². The third-order valence-electron chi connectivity index (χ3n) is 5.25. The van der Waals surface area contributed by atoms with Crippen molar-refractivity contribution < 1.29 is 14.3 Å². The molecule has 1 aliphatic rings. The van der Waals surface area contributed by atoms with Crippen molar-refractivity contribution in [2.24, 2.45) is 11.7 Å². The lowest BCUT2D eigenvalue weighted by Crippen LogP contribution is -2.48. The maximum absolute atomic E-state index is 12.4. The summed E-state index contributed by atoms with van der Waals surface area (Å²) >= 11 is 0. The molecule has 2 amide bonds. The molecule has 1 saturated carbocycles. The van der Waals surface area contributed by atoms with E-state index in [0.717, 1.165) is 42.6 Å². The van der Waals surface area contributed by atoms with Gasteiger partial charge >= 0.3 is 0 Å². The van der Waals surface area contributed by atoms with E-state index in [1.54, 1.807) is 0 Å². The van der Waals surface area contributed by atoms with Crippen LogP contribution in [0.4, 0.5) is 0 Å². The van der Waals surface area contributed by atoms with E-state index in [1.165, 1.54) is 6.42 Å². The molecule has 1 atom stereocenters. The molecule has 0 saturated heterocycles. The average molecular weight is 380 g/mol. The standard InChI is InChI=1S/C23H28N2O3/c24-22(26)21(25-23(27)19-9-5-2-6-10-19)15-17-11-13-20(14-12-17)28-16-18-7-3-1-4-8-18/h1,3-4,7-8,11-14,19,21H,2,5-6,9-10,15-16H2,(H2,24,26)(H,25,27)/t21-/m0/s1. The van der Waals surface area contributed by atoms with Crippen molar-refractivity contribution in [2.45, 2.75) is 51.2 Å². The zero-order valence-electron chi connectivity index (χ0n) is 16.1. The van der Waals surface area contributed by atoms with Crippen LogP contribution >= 0.6 is 0 Å². The van der Waals surface area contributed by atoms with E-state index in [4.69, 9.17) is 10.5 Å². The van der Waals surface area contributed by atoms with Gasteiger partial charge in [-0.15, -0.1) is 0 Å². The molecule has 0 unspecified atom stereocenters. The number of benzene rings is 2. The van der Waals surface area contributed by atoms with Gasteiger partial charge in [0, 0.05) is 12.3 Å². The van der Waals surface area contributed by atoms with Gasteiger partial charge in [0.15, 0.2) is 0 Å². The number of carbonyl (C=O) groups is 2. The monoisotopic (exact) mass is 380 g/mol. The molecule has 0 aromatic heterocycles. The summed E-state index contributed by atoms with van der Waals surface area (Å²) in [5, 5.41) is 2.85. The molecule has 148 valence electrons. The Kier molecular flexibility index (Phi) is 7.06. The molecular weight excluding hydrogens is 352 g/mol. The van der Waals surface area contributed by atoms with E-state index >= 15 is 0 Å². The molecule has 1 fully saturated rings. The fourth-order valence-electron chi connectivity index (χ4n) is 3.58. The predicted molar refractivity (Wildman–Crippen MR) is 109 cm³/mol. The third kappa shape index (κ3) is 5.84. The summed E-state index contributed by atoms with van der Waals surface area (Å²) in [5.41, 5.74) is 7.56. The summed E-state index contributed by atoms with van der Waals surface area (Å²) in [5.74, 6) is 0.207. The fourth-order valence-corrected chi connectivity index (χ4v) is 3.58. The minimum Gasteiger partial charge on any atom is -0.489 e. The van der Waals surface area contributed by atoms with Gasteiger partial charge < -0.3 is 15.8 Å². The van der Waals surface area contributed by atoms with E-state index < -0.39 is 11.9 Å². The van der Waals surface area contributed by atoms with E-state index in [1.807, 2.05) is 54.6 Å². The van der Waals surface area contributed by atoms with E-state index in [9.17, 15) is 9.59 Å². The maximum atomic E-state index is 12.4. The molecular formula is C23H28N2O3. The minimum atomic E-state index is -0.689. The lowest BCUT2D eigenvalue weighted by Gasteiger charge is -2.23. The predicted octanol–water partition coefficient (Wildman–Crippen LogP) is 3.36. The quantitative estimate of drug-likeness (QED) is 0.737. The maximum Gasteiger partial charge on any atom is 0.240 e. The van der Waals surface area contributed by atoms with Crippen molar-refractivity contribution in [3.05, 3.63) is 65.7 Å². The SMILES string of the molecule is NC(=O)[C@H](Cc1ccc(OCc2ccccc2)cc1)NC(=O)C1CCCCC1. The number of nitrogens with two attached hydrogens (primary N) is 1. The van der Waals surface area contributed by atoms with Gasteiger partial charge in [0.2, 0.25) is 11.8 Å². The zero-order chi connectivity index (χ0) is 19.8. The Morgan fingerprint density at radius 1 is 0.964 bits per heavy atom. The van der Waals surface area contributed by atoms with Gasteiger partial charge in [-0.3, -0.25) is 9.59 Å². The van der Waals surface area contributed by atoms with Crippen LogP contribution in [-0.2, 0) is 22.6 Å². The Balaban J connectivity index is 1.54. The van der Waals surface area contributed by atoms with Crippen LogP contribution in [0.15, 0.2) is 54.6 Å². The summed E-state index contributed by atoms with van der Waals surface area (Å²) < 4.78 is 5.78. The molecule has 0 bridgehead atoms. The lowest BCUT2D eigenvalue weighted by atomic mass is 9.88.